The zero-order valence-electron chi connectivity index (χ0n) is 12.9. The highest BCUT2D eigenvalue weighted by Crippen LogP contribution is 2.46. The van der Waals surface area contributed by atoms with Crippen LogP contribution in [-0.2, 0) is 15.6 Å². The maximum atomic E-state index is 11.9. The number of ether oxygens (including phenoxy) is 1. The van der Waals surface area contributed by atoms with E-state index in [4.69, 9.17) is 4.74 Å². The summed E-state index contributed by atoms with van der Waals surface area (Å²) >= 11 is 0. The zero-order valence-corrected chi connectivity index (χ0v) is 12.9. The fourth-order valence-electron chi connectivity index (χ4n) is 3.05. The summed E-state index contributed by atoms with van der Waals surface area (Å²) in [5.74, 6) is -0.237. The summed E-state index contributed by atoms with van der Waals surface area (Å²) in [5.41, 5.74) is 4.71. The quantitative estimate of drug-likeness (QED) is 0.710. The lowest BCUT2D eigenvalue weighted by Crippen LogP contribution is -2.34. The zero-order chi connectivity index (χ0) is 14.4. The fraction of sp³-hybridized carbons (Fsp3) is 0.588. The van der Waals surface area contributed by atoms with Gasteiger partial charge in [-0.2, -0.15) is 0 Å². The summed E-state index contributed by atoms with van der Waals surface area (Å²) in [7, 11) is 1.44. The van der Waals surface area contributed by atoms with Gasteiger partial charge in [0.05, 0.1) is 12.7 Å². The summed E-state index contributed by atoms with van der Waals surface area (Å²) in [6.45, 7) is 11.1. The number of esters is 1. The Morgan fingerprint density at radius 2 is 1.53 bits per heavy atom. The van der Waals surface area contributed by atoms with Gasteiger partial charge in [-0.25, -0.2) is 4.79 Å². The first-order chi connectivity index (χ1) is 8.69. The van der Waals surface area contributed by atoms with Gasteiger partial charge < -0.3 is 4.74 Å². The molecule has 2 nitrogen and oxygen atoms in total. The lowest BCUT2D eigenvalue weighted by atomic mass is 9.62. The van der Waals surface area contributed by atoms with Crippen LogP contribution in [0.25, 0.3) is 0 Å². The van der Waals surface area contributed by atoms with Crippen LogP contribution in [-0.4, -0.2) is 13.1 Å². The Balaban J connectivity index is 2.68. The molecule has 0 saturated carbocycles. The van der Waals surface area contributed by atoms with E-state index in [9.17, 15) is 4.79 Å². The van der Waals surface area contributed by atoms with Crippen LogP contribution >= 0.6 is 0 Å². The van der Waals surface area contributed by atoms with E-state index in [1.54, 1.807) is 0 Å². The summed E-state index contributed by atoms with van der Waals surface area (Å²) in [6.07, 6.45) is 2.33. The molecule has 0 aliphatic heterocycles. The molecule has 0 fully saturated rings. The number of carbonyl (C=O) groups excluding carboxylic acids is 1. The molecule has 0 unspecified atom stereocenters. The molecule has 0 aromatic heterocycles. The first-order valence-electron chi connectivity index (χ1n) is 6.93. The van der Waals surface area contributed by atoms with Gasteiger partial charge in [0, 0.05) is 0 Å². The van der Waals surface area contributed by atoms with Crippen LogP contribution in [0.2, 0.25) is 0 Å². The second kappa shape index (κ2) is 4.36. The third-order valence-corrected chi connectivity index (χ3v) is 4.60. The minimum absolute atomic E-state index is 0.126. The molecule has 0 heterocycles. The minimum atomic E-state index is -0.237. The lowest BCUT2D eigenvalue weighted by molar-refractivity contribution is 0.0599. The first kappa shape index (κ1) is 14.1. The third-order valence-electron chi connectivity index (χ3n) is 4.60. The maximum absolute atomic E-state index is 11.9. The van der Waals surface area contributed by atoms with E-state index < -0.39 is 0 Å². The van der Waals surface area contributed by atoms with Crippen LogP contribution in [0.15, 0.2) is 12.1 Å². The van der Waals surface area contributed by atoms with E-state index in [2.05, 4.69) is 39.8 Å². The second-order valence-electron chi connectivity index (χ2n) is 6.97. The van der Waals surface area contributed by atoms with Crippen molar-refractivity contribution in [3.63, 3.8) is 0 Å². The van der Waals surface area contributed by atoms with Crippen LogP contribution in [0.3, 0.4) is 0 Å². The molecule has 1 aromatic rings. The number of hydrogen-bond donors (Lipinski definition) is 0. The van der Waals surface area contributed by atoms with Crippen molar-refractivity contribution in [3.05, 3.63) is 34.4 Å². The van der Waals surface area contributed by atoms with Gasteiger partial charge in [0.2, 0.25) is 0 Å². The van der Waals surface area contributed by atoms with E-state index in [1.165, 1.54) is 24.7 Å². The Kier molecular flexibility index (Phi) is 3.24. The second-order valence-corrected chi connectivity index (χ2v) is 6.97. The molecule has 0 bridgehead atoms. The van der Waals surface area contributed by atoms with Crippen molar-refractivity contribution < 1.29 is 9.53 Å². The Morgan fingerprint density at radius 3 is 2.00 bits per heavy atom. The Morgan fingerprint density at radius 1 is 1.05 bits per heavy atom. The van der Waals surface area contributed by atoms with Crippen molar-refractivity contribution in [2.45, 2.75) is 58.3 Å². The largest absolute Gasteiger partial charge is 0.465 e. The molecule has 0 amide bonds. The summed E-state index contributed by atoms with van der Waals surface area (Å²) in [5, 5.41) is 0. The number of benzene rings is 1. The van der Waals surface area contributed by atoms with Crippen LogP contribution < -0.4 is 0 Å². The van der Waals surface area contributed by atoms with Crippen molar-refractivity contribution >= 4 is 5.97 Å². The van der Waals surface area contributed by atoms with Crippen molar-refractivity contribution in [2.24, 2.45) is 0 Å². The molecular formula is C17H24O2. The molecule has 0 saturated heterocycles. The van der Waals surface area contributed by atoms with Gasteiger partial charge in [-0.3, -0.25) is 0 Å². The molecule has 19 heavy (non-hydrogen) atoms. The van der Waals surface area contributed by atoms with Crippen molar-refractivity contribution in [1.82, 2.24) is 0 Å². The predicted molar refractivity (Wildman–Crippen MR) is 77.8 cm³/mol. The lowest BCUT2D eigenvalue weighted by Gasteiger charge is -2.42. The number of hydrogen-bond acceptors (Lipinski definition) is 2. The molecular weight excluding hydrogens is 236 g/mol. The summed E-state index contributed by atoms with van der Waals surface area (Å²) in [6, 6.07) is 4.24. The smallest absolute Gasteiger partial charge is 0.338 e. The number of methoxy groups -OCH3 is 1. The Labute approximate surface area is 116 Å². The van der Waals surface area contributed by atoms with Gasteiger partial charge >= 0.3 is 5.97 Å². The molecule has 0 spiro atoms. The first-order valence-corrected chi connectivity index (χ1v) is 6.93. The summed E-state index contributed by atoms with van der Waals surface area (Å²) < 4.78 is 4.89. The molecule has 2 heteroatoms. The normalized spacial score (nSPS) is 19.7. The predicted octanol–water partition coefficient (Wildman–Crippen LogP) is 4.13. The summed E-state index contributed by atoms with van der Waals surface area (Å²) in [4.78, 5) is 11.9. The SMILES string of the molecule is COC(=O)c1cc2c(cc1C)C(C)(C)CCC2(C)C. The van der Waals surface area contributed by atoms with Gasteiger partial charge in [-0.15, -0.1) is 0 Å². The van der Waals surface area contributed by atoms with Gasteiger partial charge in [0.15, 0.2) is 0 Å². The van der Waals surface area contributed by atoms with Gasteiger partial charge in [0.1, 0.15) is 0 Å². The molecule has 1 aromatic carbocycles. The average Bonchev–Trinajstić information content (AvgIpc) is 2.34. The highest BCUT2D eigenvalue weighted by Gasteiger charge is 2.37. The highest BCUT2D eigenvalue weighted by atomic mass is 16.5. The van der Waals surface area contributed by atoms with Crippen LogP contribution in [0.5, 0.6) is 0 Å². The van der Waals surface area contributed by atoms with Crippen LogP contribution in [0.1, 0.15) is 67.6 Å². The van der Waals surface area contributed by atoms with Crippen molar-refractivity contribution in [3.8, 4) is 0 Å². The van der Waals surface area contributed by atoms with Crippen molar-refractivity contribution in [1.29, 1.82) is 0 Å². The Bertz CT molecular complexity index is 524. The van der Waals surface area contributed by atoms with E-state index in [0.29, 0.717) is 5.56 Å². The average molecular weight is 260 g/mol. The van der Waals surface area contributed by atoms with Gasteiger partial charge in [-0.05, 0) is 53.4 Å². The molecule has 0 atom stereocenters. The number of rotatable bonds is 1. The number of fused-ring (bicyclic) bond motifs is 1. The van der Waals surface area contributed by atoms with Gasteiger partial charge in [0.25, 0.3) is 0 Å². The van der Waals surface area contributed by atoms with E-state index in [-0.39, 0.29) is 16.8 Å². The highest BCUT2D eigenvalue weighted by molar-refractivity contribution is 5.91. The molecule has 1 aliphatic rings. The standard InChI is InChI=1S/C17H24O2/c1-11-9-13-14(10-12(11)15(18)19-6)17(4,5)8-7-16(13,2)3/h9-10H,7-8H2,1-6H3. The van der Waals surface area contributed by atoms with Crippen molar-refractivity contribution in [2.75, 3.05) is 7.11 Å². The third kappa shape index (κ3) is 2.29. The van der Waals surface area contributed by atoms with Crippen LogP contribution in [0, 0.1) is 6.92 Å². The maximum Gasteiger partial charge on any atom is 0.338 e. The monoisotopic (exact) mass is 260 g/mol. The molecule has 0 N–H and O–H groups in total. The van der Waals surface area contributed by atoms with E-state index >= 15 is 0 Å². The van der Waals surface area contributed by atoms with Gasteiger partial charge in [-0.1, -0.05) is 33.8 Å². The molecule has 2 rings (SSSR count). The number of aryl methyl sites for hydroxylation is 1. The molecule has 104 valence electrons. The fourth-order valence-corrected chi connectivity index (χ4v) is 3.05. The minimum Gasteiger partial charge on any atom is -0.465 e. The topological polar surface area (TPSA) is 26.3 Å². The molecule has 0 radical (unpaired) electrons. The molecule has 1 aliphatic carbocycles. The number of carbonyl (C=O) groups is 1. The van der Waals surface area contributed by atoms with E-state index in [1.807, 2.05) is 6.92 Å². The Hall–Kier alpha value is -1.31. The van der Waals surface area contributed by atoms with E-state index in [0.717, 1.165) is 12.0 Å². The van der Waals surface area contributed by atoms with Crippen LogP contribution in [0.4, 0.5) is 0 Å².